The fourth-order valence-electron chi connectivity index (χ4n) is 2.48. The van der Waals surface area contributed by atoms with Crippen LogP contribution in [-0.2, 0) is 0 Å². The van der Waals surface area contributed by atoms with Crippen LogP contribution >= 0.6 is 0 Å². The number of phenolic OH excluding ortho intramolecular Hbond substituents is 1. The molecule has 3 rings (SSSR count). The Morgan fingerprint density at radius 3 is 2.30 bits per heavy atom. The van der Waals surface area contributed by atoms with Crippen LogP contribution in [0.1, 0.15) is 39.2 Å². The summed E-state index contributed by atoms with van der Waals surface area (Å²) in [4.78, 5) is 26.0. The lowest BCUT2D eigenvalue weighted by molar-refractivity contribution is 0.0595. The van der Waals surface area contributed by atoms with Crippen LogP contribution in [-0.4, -0.2) is 21.8 Å². The van der Waals surface area contributed by atoms with Gasteiger partial charge >= 0.3 is 0 Å². The Balaban J connectivity index is 2.02. The van der Waals surface area contributed by atoms with Gasteiger partial charge in [0.25, 0.3) is 11.8 Å². The zero-order valence-corrected chi connectivity index (χ0v) is 10.9. The number of phenols is 1. The molecule has 0 saturated heterocycles. The first-order chi connectivity index (χ1) is 9.59. The number of hydrogen-bond acceptors (Lipinski definition) is 3. The second kappa shape index (κ2) is 4.49. The van der Waals surface area contributed by atoms with Crippen LogP contribution in [0.5, 0.6) is 5.75 Å². The van der Waals surface area contributed by atoms with Crippen molar-refractivity contribution in [1.29, 1.82) is 0 Å². The molecule has 0 fully saturated rings. The summed E-state index contributed by atoms with van der Waals surface area (Å²) in [5, 5.41) is 9.46. The van der Waals surface area contributed by atoms with Crippen molar-refractivity contribution in [2.24, 2.45) is 0 Å². The topological polar surface area (TPSA) is 57.6 Å². The highest BCUT2D eigenvalue weighted by atomic mass is 16.3. The molecule has 100 valence electrons. The van der Waals surface area contributed by atoms with Crippen molar-refractivity contribution in [3.8, 4) is 5.75 Å². The van der Waals surface area contributed by atoms with Gasteiger partial charge in [0.1, 0.15) is 5.75 Å². The predicted octanol–water partition coefficient (Wildman–Crippen LogP) is 2.75. The number of carbonyl (C=O) groups is 2. The molecule has 1 aliphatic rings. The Labute approximate surface area is 116 Å². The van der Waals surface area contributed by atoms with E-state index in [1.165, 1.54) is 23.1 Å². The van der Waals surface area contributed by atoms with Gasteiger partial charge in [-0.15, -0.1) is 0 Å². The highest BCUT2D eigenvalue weighted by Gasteiger charge is 2.38. The largest absolute Gasteiger partial charge is 0.508 e. The van der Waals surface area contributed by atoms with E-state index in [4.69, 9.17) is 0 Å². The summed E-state index contributed by atoms with van der Waals surface area (Å²) in [7, 11) is 0. The van der Waals surface area contributed by atoms with Gasteiger partial charge in [-0.25, -0.2) is 0 Å². The van der Waals surface area contributed by atoms with Crippen LogP contribution in [0.4, 0.5) is 0 Å². The molecule has 0 bridgehead atoms. The SMILES string of the molecule is C[C@@H](c1ccccc1)N1C(=O)c2ccc(O)cc2C1=O. The van der Waals surface area contributed by atoms with Gasteiger partial charge in [0.2, 0.25) is 0 Å². The summed E-state index contributed by atoms with van der Waals surface area (Å²) in [5.41, 5.74) is 1.50. The number of aromatic hydroxyl groups is 1. The van der Waals surface area contributed by atoms with E-state index < -0.39 is 0 Å². The lowest BCUT2D eigenvalue weighted by Crippen LogP contribution is -2.32. The number of carbonyl (C=O) groups excluding carboxylic acids is 2. The molecule has 4 nitrogen and oxygen atoms in total. The Kier molecular flexibility index (Phi) is 2.79. The molecular formula is C16H13NO3. The Hall–Kier alpha value is -2.62. The monoisotopic (exact) mass is 267 g/mol. The molecular weight excluding hydrogens is 254 g/mol. The van der Waals surface area contributed by atoms with Gasteiger partial charge in [0.15, 0.2) is 0 Å². The van der Waals surface area contributed by atoms with E-state index in [-0.39, 0.29) is 29.2 Å². The third-order valence-corrected chi connectivity index (χ3v) is 3.57. The maximum Gasteiger partial charge on any atom is 0.262 e. The van der Waals surface area contributed by atoms with Gasteiger partial charge in [0.05, 0.1) is 17.2 Å². The summed E-state index contributed by atoms with van der Waals surface area (Å²) in [6.07, 6.45) is 0. The summed E-state index contributed by atoms with van der Waals surface area (Å²) in [6.45, 7) is 1.82. The maximum absolute atomic E-state index is 12.4. The molecule has 0 aliphatic carbocycles. The van der Waals surface area contributed by atoms with Crippen molar-refractivity contribution in [3.05, 3.63) is 65.2 Å². The minimum atomic E-state index is -0.364. The molecule has 1 aliphatic heterocycles. The molecule has 20 heavy (non-hydrogen) atoms. The Morgan fingerprint density at radius 1 is 0.950 bits per heavy atom. The molecule has 1 heterocycles. The highest BCUT2D eigenvalue weighted by molar-refractivity contribution is 6.21. The average molecular weight is 267 g/mol. The van der Waals surface area contributed by atoms with Gasteiger partial charge in [-0.3, -0.25) is 14.5 Å². The van der Waals surface area contributed by atoms with Crippen molar-refractivity contribution in [2.45, 2.75) is 13.0 Å². The highest BCUT2D eigenvalue weighted by Crippen LogP contribution is 2.32. The van der Waals surface area contributed by atoms with Crippen LogP contribution in [0.2, 0.25) is 0 Å². The smallest absolute Gasteiger partial charge is 0.262 e. The second-order valence-corrected chi connectivity index (χ2v) is 4.80. The maximum atomic E-state index is 12.4. The minimum Gasteiger partial charge on any atom is -0.508 e. The lowest BCUT2D eigenvalue weighted by Gasteiger charge is -2.22. The predicted molar refractivity (Wildman–Crippen MR) is 73.5 cm³/mol. The van der Waals surface area contributed by atoms with Crippen molar-refractivity contribution in [1.82, 2.24) is 4.90 Å². The first kappa shape index (κ1) is 12.4. The fourth-order valence-corrected chi connectivity index (χ4v) is 2.48. The fraction of sp³-hybridized carbons (Fsp3) is 0.125. The molecule has 2 aromatic carbocycles. The van der Waals surface area contributed by atoms with Crippen molar-refractivity contribution >= 4 is 11.8 Å². The van der Waals surface area contributed by atoms with E-state index in [9.17, 15) is 14.7 Å². The second-order valence-electron chi connectivity index (χ2n) is 4.80. The average Bonchev–Trinajstić information content (AvgIpc) is 2.71. The van der Waals surface area contributed by atoms with E-state index in [1.54, 1.807) is 0 Å². The van der Waals surface area contributed by atoms with Crippen molar-refractivity contribution in [2.75, 3.05) is 0 Å². The molecule has 0 aromatic heterocycles. The quantitative estimate of drug-likeness (QED) is 0.851. The molecule has 0 spiro atoms. The van der Waals surface area contributed by atoms with Crippen LogP contribution in [0.3, 0.4) is 0 Å². The van der Waals surface area contributed by atoms with Crippen molar-refractivity contribution in [3.63, 3.8) is 0 Å². The number of nitrogens with zero attached hydrogens (tertiary/aromatic N) is 1. The van der Waals surface area contributed by atoms with Crippen LogP contribution in [0.25, 0.3) is 0 Å². The van der Waals surface area contributed by atoms with Crippen LogP contribution < -0.4 is 0 Å². The minimum absolute atomic E-state index is 0.0147. The number of amides is 2. The molecule has 2 aromatic rings. The summed E-state index contributed by atoms with van der Waals surface area (Å²) >= 11 is 0. The normalized spacial score (nSPS) is 15.3. The Morgan fingerprint density at radius 2 is 1.60 bits per heavy atom. The number of benzene rings is 2. The van der Waals surface area contributed by atoms with Gasteiger partial charge in [-0.2, -0.15) is 0 Å². The molecule has 0 saturated carbocycles. The van der Waals surface area contributed by atoms with Crippen molar-refractivity contribution < 1.29 is 14.7 Å². The summed E-state index contributed by atoms with van der Waals surface area (Å²) < 4.78 is 0. The van der Waals surface area contributed by atoms with E-state index >= 15 is 0 Å². The first-order valence-electron chi connectivity index (χ1n) is 6.35. The number of imide groups is 1. The third-order valence-electron chi connectivity index (χ3n) is 3.57. The molecule has 0 unspecified atom stereocenters. The summed E-state index contributed by atoms with van der Waals surface area (Å²) in [6, 6.07) is 13.3. The van der Waals surface area contributed by atoms with E-state index in [1.807, 2.05) is 37.3 Å². The summed E-state index contributed by atoms with van der Waals surface area (Å²) in [5.74, 6) is -0.697. The van der Waals surface area contributed by atoms with E-state index in [0.717, 1.165) is 5.56 Å². The van der Waals surface area contributed by atoms with Crippen LogP contribution in [0.15, 0.2) is 48.5 Å². The number of fused-ring (bicyclic) bond motifs is 1. The van der Waals surface area contributed by atoms with Gasteiger partial charge in [-0.1, -0.05) is 30.3 Å². The van der Waals surface area contributed by atoms with Gasteiger partial charge in [-0.05, 0) is 30.7 Å². The van der Waals surface area contributed by atoms with E-state index in [2.05, 4.69) is 0 Å². The zero-order valence-electron chi connectivity index (χ0n) is 10.9. The zero-order chi connectivity index (χ0) is 14.3. The molecule has 4 heteroatoms. The van der Waals surface area contributed by atoms with Gasteiger partial charge < -0.3 is 5.11 Å². The molecule has 2 amide bonds. The number of rotatable bonds is 2. The molecule has 1 N–H and O–H groups in total. The lowest BCUT2D eigenvalue weighted by atomic mass is 10.1. The van der Waals surface area contributed by atoms with Gasteiger partial charge in [0, 0.05) is 0 Å². The Bertz CT molecular complexity index is 694. The number of hydrogen-bond donors (Lipinski definition) is 1. The third kappa shape index (κ3) is 1.77. The molecule has 0 radical (unpaired) electrons. The van der Waals surface area contributed by atoms with E-state index in [0.29, 0.717) is 5.56 Å². The van der Waals surface area contributed by atoms with Crippen LogP contribution in [0, 0.1) is 0 Å². The first-order valence-corrected chi connectivity index (χ1v) is 6.35. The standard InChI is InChI=1S/C16H13NO3/c1-10(11-5-3-2-4-6-11)17-15(19)13-8-7-12(18)9-14(13)16(17)20/h2-10,18H,1H3/t10-/m0/s1. The molecule has 1 atom stereocenters.